The lowest BCUT2D eigenvalue weighted by Crippen LogP contribution is -2.38. The number of ether oxygens (including phenoxy) is 1. The largest absolute Gasteiger partial charge is 0.474 e. The van der Waals surface area contributed by atoms with Crippen LogP contribution in [0.3, 0.4) is 0 Å². The van der Waals surface area contributed by atoms with E-state index in [1.165, 1.54) is 12.4 Å². The average molecular weight is 278 g/mol. The predicted octanol–water partition coefficient (Wildman–Crippen LogP) is 1.59. The molecule has 108 valence electrons. The van der Waals surface area contributed by atoms with Crippen molar-refractivity contribution in [2.45, 2.75) is 26.1 Å². The third kappa shape index (κ3) is 5.73. The quantitative estimate of drug-likeness (QED) is 0.856. The van der Waals surface area contributed by atoms with E-state index in [0.29, 0.717) is 0 Å². The molecule has 0 atom stereocenters. The molecular weight excluding hydrogens is 261 g/mol. The van der Waals surface area contributed by atoms with Crippen molar-refractivity contribution in [1.29, 1.82) is 0 Å². The topological polar surface area (TPSA) is 64.3 Å². The summed E-state index contributed by atoms with van der Waals surface area (Å²) in [5.74, 6) is 0.289. The van der Waals surface area contributed by atoms with Crippen LogP contribution in [0.1, 0.15) is 13.8 Å². The van der Waals surface area contributed by atoms with Crippen LogP contribution in [0, 0.1) is 0 Å². The first kappa shape index (κ1) is 15.5. The molecule has 0 aliphatic heterocycles. The highest BCUT2D eigenvalue weighted by Gasteiger charge is 2.31. The van der Waals surface area contributed by atoms with Gasteiger partial charge in [0.1, 0.15) is 6.54 Å². The monoisotopic (exact) mass is 278 g/mol. The molecule has 0 bridgehead atoms. The van der Waals surface area contributed by atoms with Gasteiger partial charge in [-0.05, 0) is 13.8 Å². The maximum atomic E-state index is 12.5. The molecule has 8 heteroatoms. The van der Waals surface area contributed by atoms with E-state index in [4.69, 9.17) is 10.5 Å². The van der Waals surface area contributed by atoms with Gasteiger partial charge in [0.05, 0.1) is 18.5 Å². The minimum absolute atomic E-state index is 0.0410. The van der Waals surface area contributed by atoms with E-state index in [1.807, 2.05) is 0 Å². The molecule has 5 nitrogen and oxygen atoms in total. The van der Waals surface area contributed by atoms with Crippen LogP contribution in [0.5, 0.6) is 5.88 Å². The molecule has 0 fully saturated rings. The Morgan fingerprint density at radius 3 is 2.58 bits per heavy atom. The lowest BCUT2D eigenvalue weighted by molar-refractivity contribution is -0.119. The Bertz CT molecular complexity index is 398. The molecule has 1 aromatic heterocycles. The lowest BCUT2D eigenvalue weighted by atomic mass is 10.4. The fraction of sp³-hybridized carbons (Fsp3) is 0.636. The van der Waals surface area contributed by atoms with Gasteiger partial charge in [-0.15, -0.1) is 0 Å². The maximum Gasteiger partial charge on any atom is 0.405 e. The van der Waals surface area contributed by atoms with Gasteiger partial charge >= 0.3 is 6.18 Å². The van der Waals surface area contributed by atoms with Gasteiger partial charge in [0.25, 0.3) is 0 Å². The molecule has 1 rings (SSSR count). The van der Waals surface area contributed by atoms with E-state index in [9.17, 15) is 13.2 Å². The van der Waals surface area contributed by atoms with Crippen LogP contribution >= 0.6 is 0 Å². The molecule has 1 aromatic rings. The van der Waals surface area contributed by atoms with Crippen molar-refractivity contribution in [3.63, 3.8) is 0 Å². The molecule has 0 saturated carbocycles. The van der Waals surface area contributed by atoms with Crippen molar-refractivity contribution in [2.75, 3.05) is 24.5 Å². The second-order valence-electron chi connectivity index (χ2n) is 4.21. The summed E-state index contributed by atoms with van der Waals surface area (Å²) < 4.78 is 42.7. The minimum Gasteiger partial charge on any atom is -0.474 e. The number of hydrogen-bond donors (Lipinski definition) is 1. The zero-order valence-electron chi connectivity index (χ0n) is 10.8. The predicted molar refractivity (Wildman–Crippen MR) is 65.1 cm³/mol. The summed E-state index contributed by atoms with van der Waals surface area (Å²) in [6.45, 7) is 2.60. The van der Waals surface area contributed by atoms with Crippen molar-refractivity contribution in [3.05, 3.63) is 12.4 Å². The molecule has 19 heavy (non-hydrogen) atoms. The van der Waals surface area contributed by atoms with Gasteiger partial charge in [-0.1, -0.05) is 0 Å². The lowest BCUT2D eigenvalue weighted by Gasteiger charge is -2.24. The van der Waals surface area contributed by atoms with Crippen LogP contribution in [0.15, 0.2) is 12.4 Å². The summed E-state index contributed by atoms with van der Waals surface area (Å²) in [5.41, 5.74) is 5.32. The highest BCUT2D eigenvalue weighted by Crippen LogP contribution is 2.21. The Morgan fingerprint density at radius 1 is 1.37 bits per heavy atom. The average Bonchev–Trinajstić information content (AvgIpc) is 2.26. The first-order valence-corrected chi connectivity index (χ1v) is 5.82. The van der Waals surface area contributed by atoms with Crippen molar-refractivity contribution in [3.8, 4) is 5.88 Å². The number of nitrogens with two attached hydrogens (primary N) is 1. The van der Waals surface area contributed by atoms with E-state index in [-0.39, 0.29) is 30.9 Å². The molecule has 0 aliphatic rings. The van der Waals surface area contributed by atoms with Gasteiger partial charge in [-0.2, -0.15) is 18.2 Å². The maximum absolute atomic E-state index is 12.5. The number of aromatic nitrogens is 2. The van der Waals surface area contributed by atoms with Crippen LogP contribution < -0.4 is 15.4 Å². The number of nitrogens with zero attached hydrogens (tertiary/aromatic N) is 3. The number of anilines is 1. The first-order valence-electron chi connectivity index (χ1n) is 5.82. The molecule has 0 radical (unpaired) electrons. The molecule has 0 unspecified atom stereocenters. The third-order valence-corrected chi connectivity index (χ3v) is 2.05. The molecule has 0 saturated heterocycles. The summed E-state index contributed by atoms with van der Waals surface area (Å²) in [6.07, 6.45) is -1.84. The molecular formula is C11H17F3N4O. The van der Waals surface area contributed by atoms with E-state index in [2.05, 4.69) is 9.97 Å². The standard InChI is InChI=1S/C11H17F3N4O/c1-8(2)19-10-6-16-5-9(17-10)18(4-3-15)7-11(12,13)14/h5-6,8H,3-4,7,15H2,1-2H3. The highest BCUT2D eigenvalue weighted by molar-refractivity contribution is 5.37. The van der Waals surface area contributed by atoms with E-state index >= 15 is 0 Å². The first-order chi connectivity index (χ1) is 8.81. The fourth-order valence-corrected chi connectivity index (χ4v) is 1.44. The van der Waals surface area contributed by atoms with Gasteiger partial charge in [0.2, 0.25) is 5.88 Å². The second kappa shape index (κ2) is 6.55. The minimum atomic E-state index is -4.33. The van der Waals surface area contributed by atoms with Crippen LogP contribution in [0.2, 0.25) is 0 Å². The Morgan fingerprint density at radius 2 is 2.05 bits per heavy atom. The Kier molecular flexibility index (Phi) is 5.34. The summed E-state index contributed by atoms with van der Waals surface area (Å²) in [5, 5.41) is 0. The van der Waals surface area contributed by atoms with E-state index < -0.39 is 12.7 Å². The Hall–Kier alpha value is -1.57. The SMILES string of the molecule is CC(C)Oc1cncc(N(CCN)CC(F)(F)F)n1. The summed E-state index contributed by atoms with van der Waals surface area (Å²) >= 11 is 0. The summed E-state index contributed by atoms with van der Waals surface area (Å²) in [6, 6.07) is 0. The van der Waals surface area contributed by atoms with Crippen molar-refractivity contribution >= 4 is 5.82 Å². The Labute approximate surface area is 109 Å². The Balaban J connectivity index is 2.89. The van der Waals surface area contributed by atoms with Crippen LogP contribution in [0.4, 0.5) is 19.0 Å². The van der Waals surface area contributed by atoms with Crippen molar-refractivity contribution < 1.29 is 17.9 Å². The fourth-order valence-electron chi connectivity index (χ4n) is 1.44. The second-order valence-corrected chi connectivity index (χ2v) is 4.21. The number of halogens is 3. The van der Waals surface area contributed by atoms with Crippen LogP contribution in [-0.4, -0.2) is 41.9 Å². The van der Waals surface area contributed by atoms with Gasteiger partial charge in [0.15, 0.2) is 5.82 Å². The molecule has 0 amide bonds. The van der Waals surface area contributed by atoms with Crippen molar-refractivity contribution in [2.24, 2.45) is 5.73 Å². The normalized spacial score (nSPS) is 11.7. The van der Waals surface area contributed by atoms with Crippen molar-refractivity contribution in [1.82, 2.24) is 9.97 Å². The zero-order valence-corrected chi connectivity index (χ0v) is 10.8. The van der Waals surface area contributed by atoms with Crippen LogP contribution in [-0.2, 0) is 0 Å². The highest BCUT2D eigenvalue weighted by atomic mass is 19.4. The van der Waals surface area contributed by atoms with Gasteiger partial charge < -0.3 is 15.4 Å². The number of rotatable bonds is 6. The van der Waals surface area contributed by atoms with Crippen LogP contribution in [0.25, 0.3) is 0 Å². The van der Waals surface area contributed by atoms with E-state index in [1.54, 1.807) is 13.8 Å². The smallest absolute Gasteiger partial charge is 0.405 e. The van der Waals surface area contributed by atoms with Gasteiger partial charge in [0, 0.05) is 13.1 Å². The summed E-state index contributed by atoms with van der Waals surface area (Å²) in [7, 11) is 0. The molecule has 0 spiro atoms. The molecule has 0 aliphatic carbocycles. The number of hydrogen-bond acceptors (Lipinski definition) is 5. The van der Waals surface area contributed by atoms with Gasteiger partial charge in [-0.25, -0.2) is 0 Å². The molecule has 1 heterocycles. The third-order valence-electron chi connectivity index (χ3n) is 2.05. The van der Waals surface area contributed by atoms with Gasteiger partial charge in [-0.3, -0.25) is 4.98 Å². The zero-order chi connectivity index (χ0) is 14.5. The summed E-state index contributed by atoms with van der Waals surface area (Å²) in [4.78, 5) is 8.86. The van der Waals surface area contributed by atoms with E-state index in [0.717, 1.165) is 4.90 Å². The molecule has 0 aromatic carbocycles. The molecule has 2 N–H and O–H groups in total. The number of alkyl halides is 3.